The van der Waals surface area contributed by atoms with E-state index in [1.165, 1.54) is 17.7 Å². The van der Waals surface area contributed by atoms with E-state index in [1.807, 2.05) is 30.9 Å². The Kier molecular flexibility index (Phi) is 13.3. The van der Waals surface area contributed by atoms with Gasteiger partial charge in [-0.25, -0.2) is 13.6 Å². The van der Waals surface area contributed by atoms with E-state index in [0.29, 0.717) is 30.8 Å². The van der Waals surface area contributed by atoms with Crippen molar-refractivity contribution in [3.8, 4) is 0 Å². The van der Waals surface area contributed by atoms with E-state index >= 15 is 0 Å². The average Bonchev–Trinajstić information content (AvgIpc) is 2.97. The smallest absolute Gasteiger partial charge is 0.338 e. The number of rotatable bonds is 16. The van der Waals surface area contributed by atoms with Crippen molar-refractivity contribution in [3.63, 3.8) is 0 Å². The molecule has 3 aromatic carbocycles. The molecule has 0 saturated carbocycles. The molecule has 0 spiro atoms. The number of nitrogens with one attached hydrogen (secondary N) is 1. The molecule has 0 radical (unpaired) electrons. The van der Waals surface area contributed by atoms with Gasteiger partial charge >= 0.3 is 5.97 Å². The van der Waals surface area contributed by atoms with E-state index < -0.39 is 29.7 Å². The first-order valence-corrected chi connectivity index (χ1v) is 15.2. The van der Waals surface area contributed by atoms with Crippen LogP contribution in [0.2, 0.25) is 0 Å². The van der Waals surface area contributed by atoms with Crippen molar-refractivity contribution in [1.29, 1.82) is 0 Å². The number of nitrogens with two attached hydrogens (primary N) is 1. The fourth-order valence-electron chi connectivity index (χ4n) is 5.08. The first kappa shape index (κ1) is 33.9. The SMILES string of the molecule is CCCCN(CCC)C(=O)c1cc(C)cc(C(=O)O[C@H](CNCc2cccc(CC)c2)[C@@H](N)Cc2cc(F)cc(F)c2)c1. The van der Waals surface area contributed by atoms with Crippen molar-refractivity contribution in [2.24, 2.45) is 5.73 Å². The average molecular weight is 594 g/mol. The first-order valence-electron chi connectivity index (χ1n) is 15.2. The molecule has 0 unspecified atom stereocenters. The summed E-state index contributed by atoms with van der Waals surface area (Å²) >= 11 is 0. The van der Waals surface area contributed by atoms with Crippen LogP contribution < -0.4 is 11.1 Å². The summed E-state index contributed by atoms with van der Waals surface area (Å²) in [6.07, 6.45) is 2.91. The van der Waals surface area contributed by atoms with Crippen LogP contribution in [0.5, 0.6) is 0 Å². The van der Waals surface area contributed by atoms with Crippen LogP contribution in [-0.4, -0.2) is 48.6 Å². The molecular formula is C35H45F2N3O3. The van der Waals surface area contributed by atoms with Crippen molar-refractivity contribution in [2.45, 2.75) is 78.5 Å². The van der Waals surface area contributed by atoms with Gasteiger partial charge in [-0.15, -0.1) is 0 Å². The largest absolute Gasteiger partial charge is 0.456 e. The minimum atomic E-state index is -0.811. The van der Waals surface area contributed by atoms with E-state index in [1.54, 1.807) is 18.2 Å². The zero-order valence-electron chi connectivity index (χ0n) is 25.8. The third kappa shape index (κ3) is 10.6. The standard InChI is InChI=1S/C35H45F2N3O3/c1-5-8-13-40(12-6-2)34(41)28-14-24(4)15-29(20-28)35(42)43-33(23-39-22-26-11-9-10-25(7-3)16-26)32(38)19-27-17-30(36)21-31(37)18-27/h9-11,14-18,20-21,32-33,39H,5-8,12-13,19,22-23,38H2,1-4H3/t32-,33+/m0/s1. The highest BCUT2D eigenvalue weighted by Crippen LogP contribution is 2.17. The lowest BCUT2D eigenvalue weighted by Gasteiger charge is -2.25. The number of aryl methyl sites for hydroxylation is 2. The summed E-state index contributed by atoms with van der Waals surface area (Å²) in [6.45, 7) is 10.1. The maximum Gasteiger partial charge on any atom is 0.338 e. The van der Waals surface area contributed by atoms with Gasteiger partial charge in [-0.05, 0) is 85.2 Å². The maximum absolute atomic E-state index is 13.9. The van der Waals surface area contributed by atoms with Gasteiger partial charge in [0.2, 0.25) is 0 Å². The van der Waals surface area contributed by atoms with Gasteiger partial charge in [0.15, 0.2) is 0 Å². The predicted octanol–water partition coefficient (Wildman–Crippen LogP) is 6.37. The molecule has 0 aromatic heterocycles. The molecule has 43 heavy (non-hydrogen) atoms. The molecule has 0 fully saturated rings. The van der Waals surface area contributed by atoms with Crippen LogP contribution >= 0.6 is 0 Å². The summed E-state index contributed by atoms with van der Waals surface area (Å²) in [4.78, 5) is 28.7. The molecule has 0 saturated heterocycles. The summed E-state index contributed by atoms with van der Waals surface area (Å²) in [5, 5.41) is 3.32. The lowest BCUT2D eigenvalue weighted by atomic mass is 10.0. The van der Waals surface area contributed by atoms with Gasteiger partial charge in [0.1, 0.15) is 17.7 Å². The molecule has 232 valence electrons. The lowest BCUT2D eigenvalue weighted by Crippen LogP contribution is -2.46. The highest BCUT2D eigenvalue weighted by molar-refractivity contribution is 5.98. The number of carbonyl (C=O) groups is 2. The Bertz CT molecular complexity index is 1340. The Morgan fingerprint density at radius 2 is 1.58 bits per heavy atom. The van der Waals surface area contributed by atoms with E-state index in [-0.39, 0.29) is 24.4 Å². The number of nitrogens with zero attached hydrogens (tertiary/aromatic N) is 1. The monoisotopic (exact) mass is 593 g/mol. The van der Waals surface area contributed by atoms with Gasteiger partial charge < -0.3 is 20.7 Å². The molecule has 0 heterocycles. The second-order valence-electron chi connectivity index (χ2n) is 11.1. The number of halogens is 2. The molecule has 2 atom stereocenters. The molecule has 3 aromatic rings. The Morgan fingerprint density at radius 1 is 0.884 bits per heavy atom. The molecule has 0 aliphatic rings. The Labute approximate surface area is 254 Å². The first-order chi connectivity index (χ1) is 20.6. The van der Waals surface area contributed by atoms with Crippen LogP contribution in [-0.2, 0) is 24.1 Å². The van der Waals surface area contributed by atoms with Crippen LogP contribution in [0.1, 0.15) is 83.0 Å². The zero-order chi connectivity index (χ0) is 31.4. The van der Waals surface area contributed by atoms with Crippen LogP contribution in [0.25, 0.3) is 0 Å². The molecule has 8 heteroatoms. The number of ether oxygens (including phenoxy) is 1. The predicted molar refractivity (Wildman–Crippen MR) is 167 cm³/mol. The molecule has 6 nitrogen and oxygen atoms in total. The van der Waals surface area contributed by atoms with Crippen LogP contribution in [0.3, 0.4) is 0 Å². The normalized spacial score (nSPS) is 12.5. The molecule has 0 aliphatic heterocycles. The van der Waals surface area contributed by atoms with Gasteiger partial charge in [0.05, 0.1) is 5.56 Å². The summed E-state index contributed by atoms with van der Waals surface area (Å²) in [6, 6.07) is 15.7. The zero-order valence-corrected chi connectivity index (χ0v) is 25.8. The fourth-order valence-corrected chi connectivity index (χ4v) is 5.08. The minimum absolute atomic E-state index is 0.0978. The summed E-state index contributed by atoms with van der Waals surface area (Å²) in [5.41, 5.74) is 10.6. The molecular weight excluding hydrogens is 548 g/mol. The third-order valence-electron chi connectivity index (χ3n) is 7.33. The van der Waals surface area contributed by atoms with E-state index in [2.05, 4.69) is 31.3 Å². The minimum Gasteiger partial charge on any atom is -0.456 e. The van der Waals surface area contributed by atoms with Crippen molar-refractivity contribution in [1.82, 2.24) is 10.2 Å². The summed E-state index contributed by atoms with van der Waals surface area (Å²) in [5.74, 6) is -2.13. The van der Waals surface area contributed by atoms with Crippen molar-refractivity contribution < 1.29 is 23.1 Å². The quantitative estimate of drug-likeness (QED) is 0.189. The lowest BCUT2D eigenvalue weighted by molar-refractivity contribution is 0.0238. The van der Waals surface area contributed by atoms with Crippen molar-refractivity contribution in [3.05, 3.63) is 106 Å². The maximum atomic E-state index is 13.9. The van der Waals surface area contributed by atoms with Gasteiger partial charge in [-0.1, -0.05) is 51.5 Å². The number of hydrogen-bond acceptors (Lipinski definition) is 5. The van der Waals surface area contributed by atoms with Crippen molar-refractivity contribution in [2.75, 3.05) is 19.6 Å². The number of amides is 1. The number of hydrogen-bond donors (Lipinski definition) is 2. The van der Waals surface area contributed by atoms with Gasteiger partial charge in [-0.3, -0.25) is 4.79 Å². The third-order valence-corrected chi connectivity index (χ3v) is 7.33. The highest BCUT2D eigenvalue weighted by atomic mass is 19.1. The van der Waals surface area contributed by atoms with Gasteiger partial charge in [-0.2, -0.15) is 0 Å². The van der Waals surface area contributed by atoms with Gasteiger partial charge in [0, 0.05) is 43.9 Å². The second kappa shape index (κ2) is 16.9. The molecule has 0 aliphatic carbocycles. The Balaban J connectivity index is 1.81. The second-order valence-corrected chi connectivity index (χ2v) is 11.1. The van der Waals surface area contributed by atoms with Crippen LogP contribution in [0, 0.1) is 18.6 Å². The molecule has 0 bridgehead atoms. The molecule has 3 N–H and O–H groups in total. The number of carbonyl (C=O) groups excluding carboxylic acids is 2. The van der Waals surface area contributed by atoms with E-state index in [9.17, 15) is 18.4 Å². The summed E-state index contributed by atoms with van der Waals surface area (Å²) < 4.78 is 33.7. The topological polar surface area (TPSA) is 84.7 Å². The number of esters is 1. The highest BCUT2D eigenvalue weighted by Gasteiger charge is 2.25. The molecule has 1 amide bonds. The molecule has 3 rings (SSSR count). The number of benzene rings is 3. The number of unbranched alkanes of at least 4 members (excludes halogenated alkanes) is 1. The fraction of sp³-hybridized carbons (Fsp3) is 0.429. The summed E-state index contributed by atoms with van der Waals surface area (Å²) in [7, 11) is 0. The van der Waals surface area contributed by atoms with Crippen LogP contribution in [0.4, 0.5) is 8.78 Å². The van der Waals surface area contributed by atoms with Gasteiger partial charge in [0.25, 0.3) is 5.91 Å². The van der Waals surface area contributed by atoms with Crippen molar-refractivity contribution >= 4 is 11.9 Å². The van der Waals surface area contributed by atoms with Crippen LogP contribution in [0.15, 0.2) is 60.7 Å². The Morgan fingerprint density at radius 3 is 2.26 bits per heavy atom. The Hall–Kier alpha value is -3.62. The van der Waals surface area contributed by atoms with E-state index in [4.69, 9.17) is 10.5 Å². The van der Waals surface area contributed by atoms with E-state index in [0.717, 1.165) is 42.9 Å².